The van der Waals surface area contributed by atoms with Crippen molar-refractivity contribution in [2.75, 3.05) is 5.32 Å². The van der Waals surface area contributed by atoms with Gasteiger partial charge in [-0.1, -0.05) is 30.3 Å². The average molecular weight is 371 g/mol. The molecule has 3 nitrogen and oxygen atoms in total. The number of carbonyl (C=O) groups excluding carboxylic acids is 1. The second kappa shape index (κ2) is 8.03. The maximum atomic E-state index is 12.5. The molecule has 2 aromatic carbocycles. The standard InChI is InChI=1S/C21H17F3N2O/c22-21(23,24)18-6-8-19(9-7-18)25-20(27)15-26-12-10-17(11-13-26)14-16-4-2-1-3-5-16/h1-13H,14-15H2/p+1. The Morgan fingerprint density at radius 2 is 1.44 bits per heavy atom. The highest BCUT2D eigenvalue weighted by Gasteiger charge is 2.30. The van der Waals surface area contributed by atoms with E-state index in [0.29, 0.717) is 5.69 Å². The molecule has 3 aromatic rings. The summed E-state index contributed by atoms with van der Waals surface area (Å²) in [4.78, 5) is 12.1. The van der Waals surface area contributed by atoms with E-state index < -0.39 is 11.7 Å². The first-order valence-corrected chi connectivity index (χ1v) is 8.39. The minimum atomic E-state index is -4.39. The summed E-state index contributed by atoms with van der Waals surface area (Å²) in [6.07, 6.45) is 0.0362. The summed E-state index contributed by atoms with van der Waals surface area (Å²) in [6.45, 7) is 0.0760. The van der Waals surface area contributed by atoms with E-state index in [2.05, 4.69) is 17.4 Å². The zero-order valence-corrected chi connectivity index (χ0v) is 14.4. The molecule has 1 aromatic heterocycles. The van der Waals surface area contributed by atoms with Crippen LogP contribution in [0.1, 0.15) is 16.7 Å². The second-order valence-corrected chi connectivity index (χ2v) is 6.16. The van der Waals surface area contributed by atoms with Gasteiger partial charge in [0.1, 0.15) is 0 Å². The van der Waals surface area contributed by atoms with Crippen LogP contribution in [0.3, 0.4) is 0 Å². The van der Waals surface area contributed by atoms with Crippen LogP contribution in [0.2, 0.25) is 0 Å². The van der Waals surface area contributed by atoms with E-state index in [-0.39, 0.29) is 12.5 Å². The number of anilines is 1. The van der Waals surface area contributed by atoms with Gasteiger partial charge in [0.15, 0.2) is 12.4 Å². The van der Waals surface area contributed by atoms with E-state index in [1.54, 1.807) is 4.57 Å². The van der Waals surface area contributed by atoms with Crippen LogP contribution in [0.4, 0.5) is 18.9 Å². The van der Waals surface area contributed by atoms with Gasteiger partial charge in [0.05, 0.1) is 5.56 Å². The van der Waals surface area contributed by atoms with Gasteiger partial charge in [-0.2, -0.15) is 17.7 Å². The molecule has 3 rings (SSSR count). The number of hydrogen-bond acceptors (Lipinski definition) is 1. The summed E-state index contributed by atoms with van der Waals surface area (Å²) in [7, 11) is 0. The monoisotopic (exact) mass is 371 g/mol. The molecule has 0 radical (unpaired) electrons. The summed E-state index contributed by atoms with van der Waals surface area (Å²) in [6, 6.07) is 18.3. The average Bonchev–Trinajstić information content (AvgIpc) is 2.64. The number of amides is 1. The molecule has 0 aliphatic heterocycles. The highest BCUT2D eigenvalue weighted by molar-refractivity contribution is 5.89. The Morgan fingerprint density at radius 3 is 2.04 bits per heavy atom. The molecule has 0 spiro atoms. The number of carbonyl (C=O) groups is 1. The minimum absolute atomic E-state index is 0.0760. The molecule has 0 aliphatic carbocycles. The summed E-state index contributed by atoms with van der Waals surface area (Å²) in [5.41, 5.74) is 1.91. The molecule has 1 N–H and O–H groups in total. The number of hydrogen-bond donors (Lipinski definition) is 1. The molecule has 27 heavy (non-hydrogen) atoms. The lowest BCUT2D eigenvalue weighted by Gasteiger charge is -2.08. The quantitative estimate of drug-likeness (QED) is 0.669. The van der Waals surface area contributed by atoms with E-state index in [1.807, 2.05) is 42.7 Å². The first-order valence-electron chi connectivity index (χ1n) is 8.39. The maximum absolute atomic E-state index is 12.5. The molecule has 0 bridgehead atoms. The Bertz CT molecular complexity index is 889. The topological polar surface area (TPSA) is 33.0 Å². The number of aromatic nitrogens is 1. The van der Waals surface area contributed by atoms with Crippen molar-refractivity contribution < 1.29 is 22.5 Å². The molecule has 6 heteroatoms. The van der Waals surface area contributed by atoms with E-state index >= 15 is 0 Å². The predicted molar refractivity (Wildman–Crippen MR) is 96.0 cm³/mol. The summed E-state index contributed by atoms with van der Waals surface area (Å²) in [5, 5.41) is 2.60. The van der Waals surface area contributed by atoms with E-state index in [0.717, 1.165) is 24.1 Å². The van der Waals surface area contributed by atoms with Crippen LogP contribution in [0.25, 0.3) is 0 Å². The van der Waals surface area contributed by atoms with Gasteiger partial charge in [-0.3, -0.25) is 4.79 Å². The smallest absolute Gasteiger partial charge is 0.321 e. The zero-order valence-electron chi connectivity index (χ0n) is 14.4. The Kier molecular flexibility index (Phi) is 5.54. The van der Waals surface area contributed by atoms with Crippen LogP contribution in [-0.4, -0.2) is 5.91 Å². The second-order valence-electron chi connectivity index (χ2n) is 6.16. The van der Waals surface area contributed by atoms with Crippen LogP contribution < -0.4 is 9.88 Å². The molecule has 0 fully saturated rings. The molecular formula is C21H18F3N2O+. The Balaban J connectivity index is 1.56. The van der Waals surface area contributed by atoms with Crippen molar-refractivity contribution in [3.8, 4) is 0 Å². The fourth-order valence-corrected chi connectivity index (χ4v) is 2.65. The van der Waals surface area contributed by atoms with Crippen molar-refractivity contribution in [2.45, 2.75) is 19.1 Å². The first-order chi connectivity index (χ1) is 12.9. The number of nitrogens with one attached hydrogen (secondary N) is 1. The van der Waals surface area contributed by atoms with Crippen LogP contribution in [-0.2, 0) is 23.9 Å². The van der Waals surface area contributed by atoms with Crippen LogP contribution in [0, 0.1) is 0 Å². The van der Waals surface area contributed by atoms with Crippen molar-refractivity contribution in [3.63, 3.8) is 0 Å². The molecule has 0 saturated heterocycles. The lowest BCUT2D eigenvalue weighted by Crippen LogP contribution is -2.39. The summed E-state index contributed by atoms with van der Waals surface area (Å²) < 4.78 is 39.4. The largest absolute Gasteiger partial charge is 0.416 e. The van der Waals surface area contributed by atoms with Crippen molar-refractivity contribution in [1.82, 2.24) is 0 Å². The van der Waals surface area contributed by atoms with Crippen LogP contribution >= 0.6 is 0 Å². The number of halogens is 3. The summed E-state index contributed by atoms with van der Waals surface area (Å²) >= 11 is 0. The van der Waals surface area contributed by atoms with Gasteiger partial charge >= 0.3 is 6.18 Å². The van der Waals surface area contributed by atoms with E-state index in [4.69, 9.17) is 0 Å². The molecular weight excluding hydrogens is 353 g/mol. The fraction of sp³-hybridized carbons (Fsp3) is 0.143. The Hall–Kier alpha value is -3.15. The van der Waals surface area contributed by atoms with Crippen LogP contribution in [0.15, 0.2) is 79.1 Å². The van der Waals surface area contributed by atoms with E-state index in [1.165, 1.54) is 17.7 Å². The molecule has 0 atom stereocenters. The van der Waals surface area contributed by atoms with Crippen molar-refractivity contribution in [1.29, 1.82) is 0 Å². The third-order valence-electron chi connectivity index (χ3n) is 4.03. The third kappa shape index (κ3) is 5.41. The van der Waals surface area contributed by atoms with Crippen molar-refractivity contribution in [3.05, 3.63) is 95.8 Å². The van der Waals surface area contributed by atoms with E-state index in [9.17, 15) is 18.0 Å². The van der Waals surface area contributed by atoms with Gasteiger partial charge in [-0.05, 0) is 41.8 Å². The minimum Gasteiger partial charge on any atom is -0.321 e. The van der Waals surface area contributed by atoms with Gasteiger partial charge in [0.2, 0.25) is 6.54 Å². The predicted octanol–water partition coefficient (Wildman–Crippen LogP) is 4.22. The van der Waals surface area contributed by atoms with Gasteiger partial charge in [0, 0.05) is 17.8 Å². The van der Waals surface area contributed by atoms with Gasteiger partial charge in [-0.25, -0.2) is 0 Å². The molecule has 0 saturated carbocycles. The highest BCUT2D eigenvalue weighted by atomic mass is 19.4. The third-order valence-corrected chi connectivity index (χ3v) is 4.03. The van der Waals surface area contributed by atoms with Gasteiger partial charge < -0.3 is 5.32 Å². The zero-order chi connectivity index (χ0) is 19.3. The Morgan fingerprint density at radius 1 is 0.852 bits per heavy atom. The van der Waals surface area contributed by atoms with Crippen LogP contribution in [0.5, 0.6) is 0 Å². The number of benzene rings is 2. The first kappa shape index (κ1) is 18.6. The lowest BCUT2D eigenvalue weighted by atomic mass is 10.1. The SMILES string of the molecule is O=C(C[n+]1ccc(Cc2ccccc2)cc1)Nc1ccc(C(F)(F)F)cc1. The molecule has 0 unspecified atom stereocenters. The van der Waals surface area contributed by atoms with Crippen molar-refractivity contribution >= 4 is 11.6 Å². The summed E-state index contributed by atoms with van der Waals surface area (Å²) in [5.74, 6) is -0.310. The normalized spacial score (nSPS) is 11.2. The van der Waals surface area contributed by atoms with Crippen molar-refractivity contribution in [2.24, 2.45) is 0 Å². The highest BCUT2D eigenvalue weighted by Crippen LogP contribution is 2.29. The maximum Gasteiger partial charge on any atom is 0.416 e. The lowest BCUT2D eigenvalue weighted by molar-refractivity contribution is -0.684. The number of rotatable bonds is 5. The molecule has 1 heterocycles. The molecule has 1 amide bonds. The Labute approximate surface area is 155 Å². The number of alkyl halides is 3. The number of pyridine rings is 1. The van der Waals surface area contributed by atoms with Gasteiger partial charge in [-0.15, -0.1) is 0 Å². The molecule has 138 valence electrons. The fourth-order valence-electron chi connectivity index (χ4n) is 2.65. The number of nitrogens with zero attached hydrogens (tertiary/aromatic N) is 1. The molecule has 0 aliphatic rings. The van der Waals surface area contributed by atoms with Gasteiger partial charge in [0.25, 0.3) is 5.91 Å².